The summed E-state index contributed by atoms with van der Waals surface area (Å²) in [6.07, 6.45) is 5.90. The molecule has 3 N–H and O–H groups in total. The summed E-state index contributed by atoms with van der Waals surface area (Å²) in [7, 11) is 0. The fraction of sp³-hybridized carbons (Fsp3) is 0.714. The van der Waals surface area contributed by atoms with Gasteiger partial charge in [-0.1, -0.05) is 19.3 Å². The van der Waals surface area contributed by atoms with E-state index in [2.05, 4.69) is 15.3 Å². The van der Waals surface area contributed by atoms with Crippen molar-refractivity contribution in [2.24, 2.45) is 5.73 Å². The molecular weight excluding hydrogens is 240 g/mol. The molecule has 1 fully saturated rings. The molecule has 1 aliphatic carbocycles. The Labute approximate surface area is 115 Å². The number of hydrogen-bond donors (Lipinski definition) is 2. The van der Waals surface area contributed by atoms with Gasteiger partial charge in [0.25, 0.3) is 0 Å². The monoisotopic (exact) mass is 264 g/mol. The fourth-order valence-corrected chi connectivity index (χ4v) is 2.66. The topological polar surface area (TPSA) is 73.1 Å². The highest BCUT2D eigenvalue weighted by Gasteiger charge is 2.31. The van der Waals surface area contributed by atoms with Gasteiger partial charge in [0.2, 0.25) is 11.8 Å². The highest BCUT2D eigenvalue weighted by molar-refractivity contribution is 5.34. The van der Waals surface area contributed by atoms with Crippen molar-refractivity contribution in [3.63, 3.8) is 0 Å². The highest BCUT2D eigenvalue weighted by Crippen LogP contribution is 2.30. The van der Waals surface area contributed by atoms with E-state index in [-0.39, 0.29) is 5.54 Å². The van der Waals surface area contributed by atoms with Crippen molar-refractivity contribution >= 4 is 5.95 Å². The minimum atomic E-state index is -0.0461. The van der Waals surface area contributed by atoms with Gasteiger partial charge in [-0.25, -0.2) is 4.98 Å². The standard InChI is InChI=1S/C14H24N4O/c1-3-19-12-9-11(2)16-13(17-12)18-14(10-15)7-5-4-6-8-14/h9H,3-8,10,15H2,1-2H3,(H,16,17,18). The Bertz CT molecular complexity index is 416. The van der Waals surface area contributed by atoms with E-state index in [4.69, 9.17) is 10.5 Å². The van der Waals surface area contributed by atoms with Crippen molar-refractivity contribution in [1.82, 2.24) is 9.97 Å². The molecule has 0 amide bonds. The van der Waals surface area contributed by atoms with Gasteiger partial charge in [-0.2, -0.15) is 4.98 Å². The third-order valence-corrected chi connectivity index (χ3v) is 3.70. The summed E-state index contributed by atoms with van der Waals surface area (Å²) in [5, 5.41) is 3.46. The molecule has 1 aromatic rings. The maximum absolute atomic E-state index is 5.97. The molecule has 19 heavy (non-hydrogen) atoms. The number of hydrogen-bond acceptors (Lipinski definition) is 5. The first-order chi connectivity index (χ1) is 9.17. The van der Waals surface area contributed by atoms with Crippen LogP contribution in [0.25, 0.3) is 0 Å². The highest BCUT2D eigenvalue weighted by atomic mass is 16.5. The zero-order valence-electron chi connectivity index (χ0n) is 11.9. The van der Waals surface area contributed by atoms with E-state index in [1.807, 2.05) is 19.9 Å². The Kier molecular flexibility index (Phi) is 4.58. The van der Waals surface area contributed by atoms with Crippen LogP contribution in [0.3, 0.4) is 0 Å². The summed E-state index contributed by atoms with van der Waals surface area (Å²) < 4.78 is 5.46. The largest absolute Gasteiger partial charge is 0.478 e. The Morgan fingerprint density at radius 3 is 2.68 bits per heavy atom. The van der Waals surface area contributed by atoms with Crippen LogP contribution in [0, 0.1) is 6.92 Å². The summed E-state index contributed by atoms with van der Waals surface area (Å²) in [5.74, 6) is 1.26. The lowest BCUT2D eigenvalue weighted by atomic mass is 9.82. The smallest absolute Gasteiger partial charge is 0.226 e. The van der Waals surface area contributed by atoms with Gasteiger partial charge in [0.1, 0.15) is 0 Å². The number of nitrogens with one attached hydrogen (secondary N) is 1. The minimum absolute atomic E-state index is 0.0461. The van der Waals surface area contributed by atoms with Gasteiger partial charge in [0, 0.05) is 18.3 Å². The van der Waals surface area contributed by atoms with Crippen molar-refractivity contribution in [2.75, 3.05) is 18.5 Å². The molecule has 2 rings (SSSR count). The lowest BCUT2D eigenvalue weighted by Gasteiger charge is -2.37. The van der Waals surface area contributed by atoms with Crippen molar-refractivity contribution in [3.8, 4) is 5.88 Å². The summed E-state index contributed by atoms with van der Waals surface area (Å²) in [6, 6.07) is 1.85. The van der Waals surface area contributed by atoms with E-state index >= 15 is 0 Å². The quantitative estimate of drug-likeness (QED) is 0.853. The normalized spacial score (nSPS) is 18.1. The maximum atomic E-state index is 5.97. The second kappa shape index (κ2) is 6.19. The van der Waals surface area contributed by atoms with Crippen LogP contribution >= 0.6 is 0 Å². The number of nitrogens with two attached hydrogens (primary N) is 1. The van der Waals surface area contributed by atoms with Crippen LogP contribution < -0.4 is 15.8 Å². The Hall–Kier alpha value is -1.36. The maximum Gasteiger partial charge on any atom is 0.226 e. The molecule has 5 heteroatoms. The third kappa shape index (κ3) is 3.56. The van der Waals surface area contributed by atoms with Crippen molar-refractivity contribution < 1.29 is 4.74 Å². The SMILES string of the molecule is CCOc1cc(C)nc(NC2(CN)CCCCC2)n1. The van der Waals surface area contributed by atoms with Crippen LogP contribution in [0.15, 0.2) is 6.07 Å². The molecule has 0 bridgehead atoms. The lowest BCUT2D eigenvalue weighted by molar-refractivity contribution is 0.319. The molecular formula is C14H24N4O. The zero-order valence-corrected chi connectivity index (χ0v) is 11.9. The van der Waals surface area contributed by atoms with Crippen LogP contribution in [0.4, 0.5) is 5.95 Å². The number of aryl methyl sites for hydroxylation is 1. The van der Waals surface area contributed by atoms with Gasteiger partial charge in [-0.15, -0.1) is 0 Å². The molecule has 0 aromatic carbocycles. The van der Waals surface area contributed by atoms with E-state index in [1.54, 1.807) is 0 Å². The first kappa shape index (κ1) is 14.1. The molecule has 0 radical (unpaired) electrons. The minimum Gasteiger partial charge on any atom is -0.478 e. The van der Waals surface area contributed by atoms with Gasteiger partial charge in [-0.3, -0.25) is 0 Å². The molecule has 0 aliphatic heterocycles. The lowest BCUT2D eigenvalue weighted by Crippen LogP contribution is -2.47. The Morgan fingerprint density at radius 2 is 2.05 bits per heavy atom. The molecule has 0 atom stereocenters. The van der Waals surface area contributed by atoms with Crippen molar-refractivity contribution in [3.05, 3.63) is 11.8 Å². The van der Waals surface area contributed by atoms with Crippen LogP contribution in [-0.4, -0.2) is 28.7 Å². The fourth-order valence-electron chi connectivity index (χ4n) is 2.66. The molecule has 0 unspecified atom stereocenters. The predicted octanol–water partition coefficient (Wildman–Crippen LogP) is 2.26. The second-order valence-electron chi connectivity index (χ2n) is 5.27. The van der Waals surface area contributed by atoms with E-state index in [9.17, 15) is 0 Å². The van der Waals surface area contributed by atoms with Crippen LogP contribution in [0.5, 0.6) is 5.88 Å². The zero-order chi connectivity index (χ0) is 13.7. The van der Waals surface area contributed by atoms with Crippen molar-refractivity contribution in [1.29, 1.82) is 0 Å². The Balaban J connectivity index is 2.16. The van der Waals surface area contributed by atoms with E-state index < -0.39 is 0 Å². The van der Waals surface area contributed by atoms with Gasteiger partial charge in [-0.05, 0) is 26.7 Å². The van der Waals surface area contributed by atoms with Crippen LogP contribution in [0.2, 0.25) is 0 Å². The molecule has 1 heterocycles. The summed E-state index contributed by atoms with van der Waals surface area (Å²) in [4.78, 5) is 8.86. The molecule has 1 aliphatic rings. The van der Waals surface area contributed by atoms with Gasteiger partial charge < -0.3 is 15.8 Å². The van der Waals surface area contributed by atoms with E-state index in [1.165, 1.54) is 19.3 Å². The van der Waals surface area contributed by atoms with Crippen LogP contribution in [-0.2, 0) is 0 Å². The second-order valence-corrected chi connectivity index (χ2v) is 5.27. The summed E-state index contributed by atoms with van der Waals surface area (Å²) in [6.45, 7) is 5.13. The molecule has 0 spiro atoms. The van der Waals surface area contributed by atoms with Crippen molar-refractivity contribution in [2.45, 2.75) is 51.5 Å². The number of anilines is 1. The number of ether oxygens (including phenoxy) is 1. The van der Waals surface area contributed by atoms with Gasteiger partial charge >= 0.3 is 0 Å². The molecule has 5 nitrogen and oxygen atoms in total. The predicted molar refractivity (Wildman–Crippen MR) is 76.4 cm³/mol. The van der Waals surface area contributed by atoms with Gasteiger partial charge in [0.05, 0.1) is 12.1 Å². The first-order valence-electron chi connectivity index (χ1n) is 7.14. The molecule has 0 saturated heterocycles. The van der Waals surface area contributed by atoms with Crippen LogP contribution in [0.1, 0.15) is 44.7 Å². The molecule has 106 valence electrons. The van der Waals surface area contributed by atoms with E-state index in [0.29, 0.717) is 25.0 Å². The van der Waals surface area contributed by atoms with Gasteiger partial charge in [0.15, 0.2) is 0 Å². The number of nitrogens with zero attached hydrogens (tertiary/aromatic N) is 2. The number of aromatic nitrogens is 2. The molecule has 1 saturated carbocycles. The average molecular weight is 264 g/mol. The summed E-state index contributed by atoms with van der Waals surface area (Å²) >= 11 is 0. The summed E-state index contributed by atoms with van der Waals surface area (Å²) in [5.41, 5.74) is 6.83. The Morgan fingerprint density at radius 1 is 1.32 bits per heavy atom. The third-order valence-electron chi connectivity index (χ3n) is 3.70. The first-order valence-corrected chi connectivity index (χ1v) is 7.14. The molecule has 1 aromatic heterocycles. The average Bonchev–Trinajstić information content (AvgIpc) is 2.39. The number of rotatable bonds is 5. The van der Waals surface area contributed by atoms with E-state index in [0.717, 1.165) is 18.5 Å².